The van der Waals surface area contributed by atoms with Gasteiger partial charge in [0.15, 0.2) is 0 Å². The average molecular weight is 521 g/mol. The molecule has 1 saturated carbocycles. The number of carbonyl (C=O) groups is 2. The summed E-state index contributed by atoms with van der Waals surface area (Å²) in [5, 5.41) is 4.28. The third-order valence-electron chi connectivity index (χ3n) is 5.44. The molecule has 0 radical (unpaired) electrons. The molecule has 3 aromatic rings. The number of hydrogen-bond donors (Lipinski definition) is 1. The second-order valence-electron chi connectivity index (χ2n) is 8.29. The van der Waals surface area contributed by atoms with Crippen molar-refractivity contribution in [1.29, 1.82) is 0 Å². The van der Waals surface area contributed by atoms with Crippen LogP contribution in [0.25, 0.3) is 10.1 Å². The Bertz CT molecular complexity index is 1170. The van der Waals surface area contributed by atoms with Crippen LogP contribution in [0.4, 0.5) is 0 Å². The minimum atomic E-state index is -0.937. The summed E-state index contributed by atoms with van der Waals surface area (Å²) in [5.74, 6) is -0.768. The van der Waals surface area contributed by atoms with Crippen molar-refractivity contribution in [2.24, 2.45) is 5.73 Å². The number of Topliss-reactive ketones (excluding diaryl/α,β-unsaturated/α-hetero) is 1. The second kappa shape index (κ2) is 11.5. The van der Waals surface area contributed by atoms with Crippen LogP contribution in [0, 0.1) is 0 Å². The fourth-order valence-corrected chi connectivity index (χ4v) is 5.07. The van der Waals surface area contributed by atoms with Crippen LogP contribution in [0.2, 0.25) is 10.0 Å². The van der Waals surface area contributed by atoms with Gasteiger partial charge in [-0.1, -0.05) is 35.3 Å². The van der Waals surface area contributed by atoms with Crippen molar-refractivity contribution in [1.82, 2.24) is 5.06 Å². The molecule has 9 heteroatoms. The number of carbonyl (C=O) groups excluding carboxylic acids is 2. The Labute approximate surface area is 212 Å². The number of aryl methyl sites for hydroxylation is 1. The van der Waals surface area contributed by atoms with Gasteiger partial charge in [0.2, 0.25) is 0 Å². The first-order valence-corrected chi connectivity index (χ1v) is 12.8. The van der Waals surface area contributed by atoms with E-state index < -0.39 is 11.7 Å². The van der Waals surface area contributed by atoms with Gasteiger partial charge < -0.3 is 10.5 Å². The number of ether oxygens (including phenoxy) is 1. The normalized spacial score (nSPS) is 15.7. The highest BCUT2D eigenvalue weighted by Gasteiger charge is 2.24. The van der Waals surface area contributed by atoms with Crippen molar-refractivity contribution in [3.05, 3.63) is 63.0 Å². The molecule has 1 aromatic heterocycles. The number of hydroxylamine groups is 2. The van der Waals surface area contributed by atoms with Gasteiger partial charge in [-0.2, -0.15) is 5.06 Å². The van der Waals surface area contributed by atoms with Crippen LogP contribution in [-0.4, -0.2) is 42.6 Å². The maximum atomic E-state index is 11.3. The zero-order valence-corrected chi connectivity index (χ0v) is 20.9. The Morgan fingerprint density at radius 3 is 2.65 bits per heavy atom. The number of benzene rings is 2. The van der Waals surface area contributed by atoms with Gasteiger partial charge in [-0.3, -0.25) is 14.4 Å². The minimum absolute atomic E-state index is 0.347. The molecule has 1 aliphatic carbocycles. The highest BCUT2D eigenvalue weighted by atomic mass is 35.5. The molecule has 34 heavy (non-hydrogen) atoms. The summed E-state index contributed by atoms with van der Waals surface area (Å²) in [6, 6.07) is 13.1. The molecule has 6 nitrogen and oxygen atoms in total. The van der Waals surface area contributed by atoms with Crippen molar-refractivity contribution in [2.75, 3.05) is 19.7 Å². The lowest BCUT2D eigenvalue weighted by atomic mass is 10.1. The molecular weight excluding hydrogens is 495 g/mol. The first kappa shape index (κ1) is 24.9. The Morgan fingerprint density at radius 1 is 1.15 bits per heavy atom. The van der Waals surface area contributed by atoms with Crippen LogP contribution < -0.4 is 10.5 Å². The molecule has 5 rings (SSSR count). The van der Waals surface area contributed by atoms with E-state index in [0.717, 1.165) is 72.7 Å². The number of fused-ring (bicyclic) bond motifs is 1. The number of ketones is 1. The SMILES string of the molecule is Clc1cc(CCCN2CCCO2)ccc1OC1CC1.NC(=O)C(=O)c1cc2ccc(Cl)cc2s1. The van der Waals surface area contributed by atoms with E-state index in [-0.39, 0.29) is 0 Å². The van der Waals surface area contributed by atoms with Gasteiger partial charge >= 0.3 is 0 Å². The summed E-state index contributed by atoms with van der Waals surface area (Å²) in [7, 11) is 0. The molecule has 0 unspecified atom stereocenters. The monoisotopic (exact) mass is 520 g/mol. The van der Waals surface area contributed by atoms with Gasteiger partial charge in [-0.15, -0.1) is 11.3 Å². The van der Waals surface area contributed by atoms with Crippen LogP contribution >= 0.6 is 34.5 Å². The topological polar surface area (TPSA) is 81.9 Å². The van der Waals surface area contributed by atoms with Crippen LogP contribution in [0.15, 0.2) is 42.5 Å². The molecule has 1 amide bonds. The fourth-order valence-electron chi connectivity index (χ4n) is 3.53. The van der Waals surface area contributed by atoms with E-state index in [4.69, 9.17) is 38.5 Å². The van der Waals surface area contributed by atoms with E-state index in [0.29, 0.717) is 16.0 Å². The first-order valence-electron chi connectivity index (χ1n) is 11.3. The summed E-state index contributed by atoms with van der Waals surface area (Å²) in [6.07, 6.45) is 6.00. The molecule has 2 aliphatic rings. The van der Waals surface area contributed by atoms with E-state index in [1.54, 1.807) is 24.3 Å². The molecule has 1 aliphatic heterocycles. The summed E-state index contributed by atoms with van der Waals surface area (Å²) in [4.78, 5) is 27.8. The third kappa shape index (κ3) is 6.93. The number of amides is 1. The summed E-state index contributed by atoms with van der Waals surface area (Å²) < 4.78 is 6.60. The molecule has 180 valence electrons. The lowest BCUT2D eigenvalue weighted by molar-refractivity contribution is -0.114. The van der Waals surface area contributed by atoms with E-state index >= 15 is 0 Å². The lowest BCUT2D eigenvalue weighted by Gasteiger charge is -2.13. The molecule has 0 atom stereocenters. The third-order valence-corrected chi connectivity index (χ3v) is 7.07. The van der Waals surface area contributed by atoms with Crippen molar-refractivity contribution >= 4 is 56.3 Å². The molecule has 2 fully saturated rings. The van der Waals surface area contributed by atoms with Gasteiger partial charge in [0.05, 0.1) is 22.6 Å². The van der Waals surface area contributed by atoms with Crippen molar-refractivity contribution in [2.45, 2.75) is 38.2 Å². The molecule has 0 bridgehead atoms. The number of nitrogens with two attached hydrogens (primary N) is 1. The standard InChI is InChI=1S/C15H20ClNO2.C10H6ClNO2S/c16-14-11-12(3-1-8-17-9-2-10-18-17)4-7-15(14)19-13-5-6-13;11-6-2-1-5-3-8(9(13)10(12)14)15-7(5)4-6/h4,7,11,13H,1-3,5-6,8-10H2;1-4H,(H2,12,14). The van der Waals surface area contributed by atoms with Gasteiger partial charge in [0.25, 0.3) is 11.7 Å². The second-order valence-corrected chi connectivity index (χ2v) is 10.2. The van der Waals surface area contributed by atoms with Gasteiger partial charge in [-0.05, 0) is 73.4 Å². The molecule has 2 aromatic carbocycles. The molecular formula is C25H26Cl2N2O4S. The molecule has 1 saturated heterocycles. The highest BCUT2D eigenvalue weighted by molar-refractivity contribution is 7.21. The van der Waals surface area contributed by atoms with Crippen molar-refractivity contribution in [3.8, 4) is 5.75 Å². The quantitative estimate of drug-likeness (QED) is 0.305. The number of halogens is 2. The van der Waals surface area contributed by atoms with Crippen LogP contribution in [0.3, 0.4) is 0 Å². The zero-order valence-electron chi connectivity index (χ0n) is 18.6. The van der Waals surface area contributed by atoms with Gasteiger partial charge in [0, 0.05) is 22.8 Å². The number of primary amides is 1. The first-order chi connectivity index (χ1) is 16.4. The Morgan fingerprint density at radius 2 is 1.97 bits per heavy atom. The highest BCUT2D eigenvalue weighted by Crippen LogP contribution is 2.32. The maximum absolute atomic E-state index is 11.3. The van der Waals surface area contributed by atoms with Crippen molar-refractivity contribution < 1.29 is 19.2 Å². The minimum Gasteiger partial charge on any atom is -0.489 e. The number of thiophene rings is 1. The Balaban J connectivity index is 0.000000166. The van der Waals surface area contributed by atoms with Gasteiger partial charge in [-0.25, -0.2) is 0 Å². The van der Waals surface area contributed by atoms with Crippen molar-refractivity contribution in [3.63, 3.8) is 0 Å². The van der Waals surface area contributed by atoms with E-state index in [1.807, 2.05) is 12.1 Å². The lowest BCUT2D eigenvalue weighted by Crippen LogP contribution is -2.21. The summed E-state index contributed by atoms with van der Waals surface area (Å²) in [6.45, 7) is 2.94. The zero-order chi connectivity index (χ0) is 24.1. The summed E-state index contributed by atoms with van der Waals surface area (Å²) in [5.41, 5.74) is 6.18. The maximum Gasteiger partial charge on any atom is 0.290 e. The number of hydrogen-bond acceptors (Lipinski definition) is 6. The molecule has 2 heterocycles. The van der Waals surface area contributed by atoms with E-state index in [1.165, 1.54) is 16.9 Å². The Hall–Kier alpha value is -2.16. The predicted octanol–water partition coefficient (Wildman–Crippen LogP) is 5.67. The van der Waals surface area contributed by atoms with Crippen LogP contribution in [-0.2, 0) is 16.1 Å². The largest absolute Gasteiger partial charge is 0.489 e. The Kier molecular flexibility index (Phi) is 8.45. The van der Waals surface area contributed by atoms with Crippen LogP contribution in [0.1, 0.15) is 40.9 Å². The molecule has 0 spiro atoms. The molecule has 2 N–H and O–H groups in total. The number of rotatable bonds is 8. The van der Waals surface area contributed by atoms with E-state index in [9.17, 15) is 9.59 Å². The predicted molar refractivity (Wildman–Crippen MR) is 136 cm³/mol. The number of nitrogens with zero attached hydrogens (tertiary/aromatic N) is 1. The van der Waals surface area contributed by atoms with E-state index in [2.05, 4.69) is 11.1 Å². The smallest absolute Gasteiger partial charge is 0.290 e. The average Bonchev–Trinajstić information content (AvgIpc) is 3.29. The summed E-state index contributed by atoms with van der Waals surface area (Å²) >= 11 is 13.3. The van der Waals surface area contributed by atoms with Crippen LogP contribution in [0.5, 0.6) is 5.75 Å². The fraction of sp³-hybridized carbons (Fsp3) is 0.360. The van der Waals surface area contributed by atoms with Gasteiger partial charge in [0.1, 0.15) is 5.75 Å².